The molecule has 1 N–H and O–H groups in total. The molecule has 0 spiro atoms. The van der Waals surface area contributed by atoms with E-state index in [1.54, 1.807) is 0 Å². The molecule has 1 saturated heterocycles. The number of morpholine rings is 1. The Balaban J connectivity index is 1.89. The molecule has 4 heteroatoms. The van der Waals surface area contributed by atoms with E-state index in [-0.39, 0.29) is 0 Å². The van der Waals surface area contributed by atoms with Crippen molar-refractivity contribution < 1.29 is 9.47 Å². The lowest BCUT2D eigenvalue weighted by atomic mass is 10.2. The zero-order chi connectivity index (χ0) is 13.5. The van der Waals surface area contributed by atoms with Crippen LogP contribution in [0.3, 0.4) is 0 Å². The largest absolute Gasteiger partial charge is 0.492 e. The van der Waals surface area contributed by atoms with Gasteiger partial charge in [0.1, 0.15) is 5.75 Å². The molecule has 0 saturated carbocycles. The maximum Gasteiger partial charge on any atom is 0.142 e. The first kappa shape index (κ1) is 14.2. The molecule has 1 aliphatic rings. The number of rotatable bonds is 6. The number of benzene rings is 1. The van der Waals surface area contributed by atoms with E-state index in [2.05, 4.69) is 29.4 Å². The fourth-order valence-corrected chi connectivity index (χ4v) is 2.33. The van der Waals surface area contributed by atoms with Crippen molar-refractivity contribution in [3.05, 3.63) is 24.3 Å². The van der Waals surface area contributed by atoms with Crippen LogP contribution in [0.2, 0.25) is 0 Å². The fraction of sp³-hybridized carbons (Fsp3) is 0.600. The predicted molar refractivity (Wildman–Crippen MR) is 78.1 cm³/mol. The number of nitrogens with zero attached hydrogens (tertiary/aromatic N) is 1. The average molecular weight is 264 g/mol. The molecule has 0 radical (unpaired) electrons. The molecular formula is C15H24N2O2. The minimum absolute atomic E-state index is 0.468. The van der Waals surface area contributed by atoms with Gasteiger partial charge in [0.25, 0.3) is 0 Å². The van der Waals surface area contributed by atoms with Gasteiger partial charge in [0.05, 0.1) is 25.5 Å². The van der Waals surface area contributed by atoms with Gasteiger partial charge >= 0.3 is 0 Å². The molecule has 2 rings (SSSR count). The first-order chi connectivity index (χ1) is 9.31. The molecule has 1 unspecified atom stereocenters. The van der Waals surface area contributed by atoms with Gasteiger partial charge in [-0.25, -0.2) is 0 Å². The summed E-state index contributed by atoms with van der Waals surface area (Å²) in [4.78, 5) is 2.25. The van der Waals surface area contributed by atoms with Crippen LogP contribution in [-0.2, 0) is 4.74 Å². The second-order valence-corrected chi connectivity index (χ2v) is 4.84. The summed E-state index contributed by atoms with van der Waals surface area (Å²) in [6.45, 7) is 6.32. The van der Waals surface area contributed by atoms with Gasteiger partial charge in [-0.15, -0.1) is 0 Å². The number of hydrogen-bond donors (Lipinski definition) is 1. The second-order valence-electron chi connectivity index (χ2n) is 4.84. The Morgan fingerprint density at radius 1 is 1.42 bits per heavy atom. The van der Waals surface area contributed by atoms with Crippen LogP contribution < -0.4 is 15.0 Å². The Morgan fingerprint density at radius 3 is 3.00 bits per heavy atom. The molecule has 0 bridgehead atoms. The van der Waals surface area contributed by atoms with Crippen LogP contribution in [0, 0.1) is 0 Å². The second kappa shape index (κ2) is 7.36. The number of nitrogens with one attached hydrogen (secondary N) is 1. The van der Waals surface area contributed by atoms with Crippen molar-refractivity contribution in [2.45, 2.75) is 19.4 Å². The summed E-state index contributed by atoms with van der Waals surface area (Å²) in [6, 6.07) is 8.66. The summed E-state index contributed by atoms with van der Waals surface area (Å²) in [5, 5.41) is 3.48. The van der Waals surface area contributed by atoms with Crippen molar-refractivity contribution in [2.24, 2.45) is 0 Å². The highest BCUT2D eigenvalue weighted by Gasteiger charge is 2.14. The van der Waals surface area contributed by atoms with Crippen molar-refractivity contribution in [2.75, 3.05) is 44.9 Å². The first-order valence-corrected chi connectivity index (χ1v) is 7.05. The molecule has 1 atom stereocenters. The monoisotopic (exact) mass is 264 g/mol. The molecule has 106 valence electrons. The maximum absolute atomic E-state index is 5.67. The zero-order valence-corrected chi connectivity index (χ0v) is 11.9. The Kier molecular flexibility index (Phi) is 5.48. The molecule has 4 nitrogen and oxygen atoms in total. The minimum atomic E-state index is 0.468. The molecule has 19 heavy (non-hydrogen) atoms. The maximum atomic E-state index is 5.67. The highest BCUT2D eigenvalue weighted by atomic mass is 16.5. The standard InChI is InChI=1S/C15H24N2O2/c1-3-19-15-7-5-4-6-14(15)17(2)10-8-13-12-18-11-9-16-13/h4-7,13,16H,3,8-12H2,1-2H3. The summed E-state index contributed by atoms with van der Waals surface area (Å²) >= 11 is 0. The smallest absolute Gasteiger partial charge is 0.142 e. The van der Waals surface area contributed by atoms with E-state index >= 15 is 0 Å². The van der Waals surface area contributed by atoms with Crippen molar-refractivity contribution in [3.8, 4) is 5.75 Å². The van der Waals surface area contributed by atoms with Gasteiger partial charge in [-0.1, -0.05) is 12.1 Å². The van der Waals surface area contributed by atoms with E-state index in [0.717, 1.165) is 44.2 Å². The van der Waals surface area contributed by atoms with E-state index in [4.69, 9.17) is 9.47 Å². The van der Waals surface area contributed by atoms with Gasteiger partial charge in [-0.2, -0.15) is 0 Å². The lowest BCUT2D eigenvalue weighted by Crippen LogP contribution is -2.43. The van der Waals surface area contributed by atoms with E-state index in [1.807, 2.05) is 19.1 Å². The molecule has 0 amide bonds. The highest BCUT2D eigenvalue weighted by molar-refractivity contribution is 5.57. The van der Waals surface area contributed by atoms with Gasteiger partial charge in [0, 0.05) is 26.2 Å². The van der Waals surface area contributed by atoms with Crippen molar-refractivity contribution in [1.82, 2.24) is 5.32 Å². The van der Waals surface area contributed by atoms with E-state index in [9.17, 15) is 0 Å². The third-order valence-electron chi connectivity index (χ3n) is 3.39. The molecule has 1 fully saturated rings. The summed E-state index contributed by atoms with van der Waals surface area (Å²) < 4.78 is 11.1. The lowest BCUT2D eigenvalue weighted by molar-refractivity contribution is 0.0749. The Labute approximate surface area is 115 Å². The number of para-hydroxylation sites is 2. The first-order valence-electron chi connectivity index (χ1n) is 7.05. The summed E-state index contributed by atoms with van der Waals surface area (Å²) in [5.41, 5.74) is 1.15. The SMILES string of the molecule is CCOc1ccccc1N(C)CCC1COCCN1. The topological polar surface area (TPSA) is 33.7 Å². The molecular weight excluding hydrogens is 240 g/mol. The Morgan fingerprint density at radius 2 is 2.26 bits per heavy atom. The number of hydrogen-bond acceptors (Lipinski definition) is 4. The van der Waals surface area contributed by atoms with Gasteiger partial charge < -0.3 is 19.7 Å². The molecule has 1 aliphatic heterocycles. The zero-order valence-electron chi connectivity index (χ0n) is 11.9. The fourth-order valence-electron chi connectivity index (χ4n) is 2.33. The summed E-state index contributed by atoms with van der Waals surface area (Å²) in [5.74, 6) is 0.959. The lowest BCUT2D eigenvalue weighted by Gasteiger charge is -2.27. The third kappa shape index (κ3) is 4.11. The summed E-state index contributed by atoms with van der Waals surface area (Å²) in [6.07, 6.45) is 1.08. The van der Waals surface area contributed by atoms with Gasteiger partial charge in [-0.3, -0.25) is 0 Å². The van der Waals surface area contributed by atoms with Crippen LogP contribution in [0.5, 0.6) is 5.75 Å². The molecule has 1 aromatic carbocycles. The van der Waals surface area contributed by atoms with E-state index in [1.165, 1.54) is 0 Å². The highest BCUT2D eigenvalue weighted by Crippen LogP contribution is 2.27. The van der Waals surface area contributed by atoms with Crippen LogP contribution >= 0.6 is 0 Å². The van der Waals surface area contributed by atoms with Crippen LogP contribution in [-0.4, -0.2) is 46.0 Å². The number of anilines is 1. The molecule has 0 aliphatic carbocycles. The van der Waals surface area contributed by atoms with Crippen LogP contribution in [0.15, 0.2) is 24.3 Å². The summed E-state index contributed by atoms with van der Waals surface area (Å²) in [7, 11) is 2.11. The minimum Gasteiger partial charge on any atom is -0.492 e. The quantitative estimate of drug-likeness (QED) is 0.851. The van der Waals surface area contributed by atoms with Crippen LogP contribution in [0.1, 0.15) is 13.3 Å². The molecule has 0 aromatic heterocycles. The normalized spacial score (nSPS) is 19.2. The van der Waals surface area contributed by atoms with Crippen LogP contribution in [0.4, 0.5) is 5.69 Å². The van der Waals surface area contributed by atoms with Crippen molar-refractivity contribution >= 4 is 5.69 Å². The number of ether oxygens (including phenoxy) is 2. The third-order valence-corrected chi connectivity index (χ3v) is 3.39. The van der Waals surface area contributed by atoms with Gasteiger partial charge in [-0.05, 0) is 25.5 Å². The molecule has 1 aromatic rings. The Bertz CT molecular complexity index is 378. The average Bonchev–Trinajstić information content (AvgIpc) is 2.47. The predicted octanol–water partition coefficient (Wildman–Crippen LogP) is 1.90. The van der Waals surface area contributed by atoms with E-state index < -0.39 is 0 Å². The van der Waals surface area contributed by atoms with Crippen molar-refractivity contribution in [3.63, 3.8) is 0 Å². The van der Waals surface area contributed by atoms with Crippen LogP contribution in [0.25, 0.3) is 0 Å². The van der Waals surface area contributed by atoms with Gasteiger partial charge in [0.2, 0.25) is 0 Å². The van der Waals surface area contributed by atoms with Crippen molar-refractivity contribution in [1.29, 1.82) is 0 Å². The molecule has 1 heterocycles. The van der Waals surface area contributed by atoms with Gasteiger partial charge in [0.15, 0.2) is 0 Å². The van der Waals surface area contributed by atoms with E-state index in [0.29, 0.717) is 12.6 Å². The Hall–Kier alpha value is -1.26.